The van der Waals surface area contributed by atoms with Crippen molar-refractivity contribution >= 4 is 17.5 Å². The second-order valence-corrected chi connectivity index (χ2v) is 11.2. The van der Waals surface area contributed by atoms with Crippen LogP contribution in [0.25, 0.3) is 5.70 Å². The highest BCUT2D eigenvalue weighted by Gasteiger charge is 2.47. The summed E-state index contributed by atoms with van der Waals surface area (Å²) in [5, 5.41) is 55.6. The molecule has 8 unspecified atom stereocenters. The van der Waals surface area contributed by atoms with Crippen LogP contribution in [0.15, 0.2) is 30.4 Å². The van der Waals surface area contributed by atoms with E-state index in [0.29, 0.717) is 38.4 Å². The molecule has 0 bridgehead atoms. The average molecular weight is 641 g/mol. The van der Waals surface area contributed by atoms with Gasteiger partial charge in [0, 0.05) is 24.9 Å². The predicted molar refractivity (Wildman–Crippen MR) is 149 cm³/mol. The molecule has 1 aromatic rings. The van der Waals surface area contributed by atoms with Crippen LogP contribution in [0, 0.1) is 17.5 Å². The van der Waals surface area contributed by atoms with Gasteiger partial charge >= 0.3 is 0 Å². The number of hydrogen-bond donors (Lipinski definition) is 9. The molecule has 0 spiro atoms. The highest BCUT2D eigenvalue weighted by atomic mass is 32.2. The van der Waals surface area contributed by atoms with Gasteiger partial charge in [-0.2, -0.15) is 0 Å². The molecule has 0 aromatic heterocycles. The van der Waals surface area contributed by atoms with Crippen molar-refractivity contribution in [2.75, 3.05) is 39.5 Å². The first kappa shape index (κ1) is 35.0. The fraction of sp³-hybridized carbons (Fsp3) is 0.600. The van der Waals surface area contributed by atoms with Gasteiger partial charge in [-0.3, -0.25) is 0 Å². The number of hydrazine groups is 1. The van der Waals surface area contributed by atoms with Crippen LogP contribution in [-0.2, 0) is 14.2 Å². The van der Waals surface area contributed by atoms with E-state index in [1.165, 1.54) is 19.3 Å². The Bertz CT molecular complexity index is 1100. The van der Waals surface area contributed by atoms with E-state index in [4.69, 9.17) is 31.5 Å². The van der Waals surface area contributed by atoms with Crippen LogP contribution in [0.2, 0.25) is 0 Å². The third kappa shape index (κ3) is 9.24. The first-order valence-corrected chi connectivity index (χ1v) is 14.2. The van der Waals surface area contributed by atoms with Gasteiger partial charge in [-0.05, 0) is 19.1 Å². The van der Waals surface area contributed by atoms with Crippen LogP contribution in [0.5, 0.6) is 0 Å². The van der Waals surface area contributed by atoms with Gasteiger partial charge in [0.1, 0.15) is 41.0 Å². The van der Waals surface area contributed by atoms with Crippen molar-refractivity contribution in [3.05, 3.63) is 53.4 Å². The molecule has 2 aliphatic rings. The molecule has 2 aliphatic heterocycles. The number of aliphatic hydroxyl groups excluding tert-OH is 5. The second-order valence-electron chi connectivity index (χ2n) is 9.89. The SMILES string of the molecule is CC(O)C(CO)OC(CN/C=C(\N)c1cc(F)c(F)c(F)c1)SC1OC(O)C(O)C(N(N)/C=C(\N)N2CCOCC2)C1O. The smallest absolute Gasteiger partial charge is 0.194 e. The molecule has 3 rings (SSSR count). The van der Waals surface area contributed by atoms with Gasteiger partial charge in [0.2, 0.25) is 0 Å². The van der Waals surface area contributed by atoms with E-state index in [2.05, 4.69) is 5.32 Å². The number of morpholine rings is 1. The monoisotopic (exact) mass is 640 g/mol. The number of nitrogens with one attached hydrogen (secondary N) is 1. The molecule has 0 saturated carbocycles. The zero-order valence-electron chi connectivity index (χ0n) is 23.3. The summed E-state index contributed by atoms with van der Waals surface area (Å²) in [6, 6.07) is 0.127. The Balaban J connectivity index is 1.76. The number of nitrogens with two attached hydrogens (primary N) is 3. The molecule has 14 nitrogen and oxygen atoms in total. The zero-order valence-corrected chi connectivity index (χ0v) is 24.1. The maximum atomic E-state index is 13.6. The van der Waals surface area contributed by atoms with Crippen molar-refractivity contribution < 1.29 is 52.9 Å². The van der Waals surface area contributed by atoms with Crippen molar-refractivity contribution in [3.63, 3.8) is 0 Å². The summed E-state index contributed by atoms with van der Waals surface area (Å²) in [5.41, 5.74) is 9.40. The van der Waals surface area contributed by atoms with E-state index in [1.807, 2.05) is 0 Å². The summed E-state index contributed by atoms with van der Waals surface area (Å²) in [6.45, 7) is 2.56. The molecule has 0 amide bonds. The quantitative estimate of drug-likeness (QED) is 0.0483. The van der Waals surface area contributed by atoms with Crippen molar-refractivity contribution in [2.24, 2.45) is 17.3 Å². The first-order chi connectivity index (χ1) is 20.3. The van der Waals surface area contributed by atoms with Crippen LogP contribution in [-0.4, -0.2) is 123 Å². The molecule has 1 aromatic carbocycles. The van der Waals surface area contributed by atoms with Crippen LogP contribution < -0.4 is 22.6 Å². The Hall–Kier alpha value is -2.52. The zero-order chi connectivity index (χ0) is 31.8. The maximum Gasteiger partial charge on any atom is 0.194 e. The van der Waals surface area contributed by atoms with Crippen LogP contribution >= 0.6 is 11.8 Å². The van der Waals surface area contributed by atoms with E-state index in [1.54, 1.807) is 4.90 Å². The van der Waals surface area contributed by atoms with Gasteiger partial charge in [0.05, 0.1) is 44.4 Å². The molecule has 43 heavy (non-hydrogen) atoms. The Morgan fingerprint density at radius 3 is 2.40 bits per heavy atom. The van der Waals surface area contributed by atoms with Crippen LogP contribution in [0.4, 0.5) is 13.2 Å². The van der Waals surface area contributed by atoms with Crippen molar-refractivity contribution in [1.82, 2.24) is 15.2 Å². The van der Waals surface area contributed by atoms with Crippen LogP contribution in [0.3, 0.4) is 0 Å². The van der Waals surface area contributed by atoms with Crippen molar-refractivity contribution in [3.8, 4) is 0 Å². The van der Waals surface area contributed by atoms with Gasteiger partial charge in [0.15, 0.2) is 23.7 Å². The van der Waals surface area contributed by atoms with Crippen LogP contribution in [0.1, 0.15) is 12.5 Å². The number of benzene rings is 1. The molecule has 18 heteroatoms. The third-order valence-corrected chi connectivity index (χ3v) is 7.98. The minimum atomic E-state index is -1.78. The lowest BCUT2D eigenvalue weighted by Crippen LogP contribution is -2.64. The fourth-order valence-electron chi connectivity index (χ4n) is 4.29. The summed E-state index contributed by atoms with van der Waals surface area (Å²) in [7, 11) is 0. The summed E-state index contributed by atoms with van der Waals surface area (Å²) in [4.78, 5) is 1.79. The number of ether oxygens (including phenoxy) is 3. The molecular weight excluding hydrogens is 601 g/mol. The van der Waals surface area contributed by atoms with Crippen molar-refractivity contribution in [2.45, 2.75) is 54.5 Å². The standard InChI is InChI=1S/C25H39F3N6O8S/c1-12(36)17(11-35)41-19(9-32-8-16(29)13-6-14(26)20(28)15(27)7-13)43-25-23(38)21(22(37)24(39)42-25)34(31)10-18(30)33-2-4-40-5-3-33/h6-8,10,12,17,19,21-25,32,35-39H,2-5,9,11,29-31H2,1H3/b16-8-,18-10+. The van der Waals surface area contributed by atoms with E-state index in [-0.39, 0.29) is 23.6 Å². The number of halogens is 3. The minimum Gasteiger partial charge on any atom is -0.397 e. The fourth-order valence-corrected chi connectivity index (χ4v) is 5.49. The van der Waals surface area contributed by atoms with Gasteiger partial charge in [-0.15, -0.1) is 0 Å². The number of hydrogen-bond acceptors (Lipinski definition) is 15. The second kappa shape index (κ2) is 16.0. The largest absolute Gasteiger partial charge is 0.397 e. The molecule has 12 N–H and O–H groups in total. The third-order valence-electron chi connectivity index (χ3n) is 6.74. The molecule has 0 radical (unpaired) electrons. The topological polar surface area (TPSA) is 225 Å². The summed E-state index contributed by atoms with van der Waals surface area (Å²) in [6.07, 6.45) is -4.70. The molecular formula is C25H39F3N6O8S. The maximum absolute atomic E-state index is 13.6. The lowest BCUT2D eigenvalue weighted by atomic mass is 10.0. The molecule has 8 atom stereocenters. The highest BCUT2D eigenvalue weighted by Crippen LogP contribution is 2.33. The van der Waals surface area contributed by atoms with E-state index in [9.17, 15) is 38.7 Å². The molecule has 2 saturated heterocycles. The van der Waals surface area contributed by atoms with E-state index >= 15 is 0 Å². The number of nitrogens with zero attached hydrogens (tertiary/aromatic N) is 2. The summed E-state index contributed by atoms with van der Waals surface area (Å²) in [5.74, 6) is 1.89. The van der Waals surface area contributed by atoms with Gasteiger partial charge in [-0.1, -0.05) is 11.8 Å². The van der Waals surface area contributed by atoms with Crippen molar-refractivity contribution in [1.29, 1.82) is 0 Å². The lowest BCUT2D eigenvalue weighted by Gasteiger charge is -2.44. The Morgan fingerprint density at radius 1 is 1.19 bits per heavy atom. The Labute approximate surface area is 250 Å². The molecule has 244 valence electrons. The summed E-state index contributed by atoms with van der Waals surface area (Å²) < 4.78 is 57.0. The summed E-state index contributed by atoms with van der Waals surface area (Å²) >= 11 is 0.812. The first-order valence-electron chi connectivity index (χ1n) is 13.3. The van der Waals surface area contributed by atoms with Gasteiger partial charge in [0.25, 0.3) is 0 Å². The lowest BCUT2D eigenvalue weighted by molar-refractivity contribution is -0.246. The predicted octanol–water partition coefficient (Wildman–Crippen LogP) is -2.20. The number of rotatable bonds is 13. The van der Waals surface area contributed by atoms with E-state index in [0.717, 1.165) is 16.8 Å². The normalized spacial score (nSPS) is 27.5. The Kier molecular flexibility index (Phi) is 13.0. The minimum absolute atomic E-state index is 0.146. The molecule has 2 heterocycles. The van der Waals surface area contributed by atoms with E-state index < -0.39 is 71.7 Å². The van der Waals surface area contributed by atoms with Gasteiger partial charge < -0.3 is 66.4 Å². The highest BCUT2D eigenvalue weighted by molar-refractivity contribution is 8.00. The average Bonchev–Trinajstić information content (AvgIpc) is 2.97. The number of thioether (sulfide) groups is 1. The molecule has 0 aliphatic carbocycles. The number of aliphatic hydroxyl groups is 5. The van der Waals surface area contributed by atoms with Gasteiger partial charge in [-0.25, -0.2) is 19.0 Å². The Morgan fingerprint density at radius 2 is 1.81 bits per heavy atom. The molecule has 2 fully saturated rings.